The zero-order valence-electron chi connectivity index (χ0n) is 21.1. The second-order valence-corrected chi connectivity index (χ2v) is 9.18. The first-order valence-electron chi connectivity index (χ1n) is 12.4. The Kier molecular flexibility index (Phi) is 6.60. The van der Waals surface area contributed by atoms with Gasteiger partial charge >= 0.3 is 5.97 Å². The van der Waals surface area contributed by atoms with Crippen LogP contribution in [0, 0.1) is 5.92 Å². The van der Waals surface area contributed by atoms with Crippen LogP contribution in [0.4, 0.5) is 10.2 Å². The quantitative estimate of drug-likeness (QED) is 0.451. The van der Waals surface area contributed by atoms with Gasteiger partial charge in [0.2, 0.25) is 0 Å². The molecule has 4 heterocycles. The van der Waals surface area contributed by atoms with Crippen molar-refractivity contribution < 1.29 is 14.3 Å². The standard InChI is InChI=1S/C28H29FN6O2/c1-4-19(29)15-22-25(5-2)35(32-27(22)21-7-6-8-24-23(21)17-33(3)31-24)20-9-10-26(30-16-20)34-13-11-18(12-14-34)28(36)37/h4-10,15-18H,11-14H2,1-3H3,(H,36,37)/b19-4+,22-15+,25-5-. The molecule has 1 N–H and O–H groups in total. The van der Waals surface area contributed by atoms with Crippen molar-refractivity contribution in [2.24, 2.45) is 13.0 Å². The van der Waals surface area contributed by atoms with Crippen LogP contribution in [-0.2, 0) is 11.8 Å². The maximum atomic E-state index is 14.6. The van der Waals surface area contributed by atoms with E-state index in [0.29, 0.717) is 36.8 Å². The summed E-state index contributed by atoms with van der Waals surface area (Å²) in [6, 6.07) is 9.72. The predicted octanol–water partition coefficient (Wildman–Crippen LogP) is 3.58. The molecular formula is C28H29FN6O2. The summed E-state index contributed by atoms with van der Waals surface area (Å²) in [5.74, 6) is -0.573. The molecule has 0 saturated carbocycles. The Morgan fingerprint density at radius 2 is 1.92 bits per heavy atom. The Balaban J connectivity index is 1.60. The number of pyridine rings is 1. The zero-order valence-corrected chi connectivity index (χ0v) is 21.1. The van der Waals surface area contributed by atoms with Crippen molar-refractivity contribution in [3.05, 3.63) is 65.2 Å². The van der Waals surface area contributed by atoms with Gasteiger partial charge in [0.15, 0.2) is 0 Å². The molecule has 1 aromatic carbocycles. The molecule has 9 heteroatoms. The van der Waals surface area contributed by atoms with Crippen LogP contribution in [0.25, 0.3) is 40.0 Å². The first-order chi connectivity index (χ1) is 17.9. The van der Waals surface area contributed by atoms with Crippen molar-refractivity contribution in [3.63, 3.8) is 0 Å². The SMILES string of the molecule is C/C=c1/c(=C\C(F)=C/C)c(-c2cccc3nn(C)cc23)nn1-c1ccc(N2CCC(C(=O)O)CC2)nc1. The van der Waals surface area contributed by atoms with E-state index in [4.69, 9.17) is 5.10 Å². The van der Waals surface area contributed by atoms with Crippen molar-refractivity contribution in [3.8, 4) is 16.9 Å². The highest BCUT2D eigenvalue weighted by atomic mass is 19.1. The topological polar surface area (TPSA) is 89.1 Å². The van der Waals surface area contributed by atoms with E-state index in [2.05, 4.69) is 15.0 Å². The number of hydrogen-bond donors (Lipinski definition) is 1. The molecule has 1 saturated heterocycles. The van der Waals surface area contributed by atoms with Gasteiger partial charge in [0.1, 0.15) is 17.3 Å². The van der Waals surface area contributed by atoms with Crippen molar-refractivity contribution in [1.82, 2.24) is 24.5 Å². The van der Waals surface area contributed by atoms with Crippen molar-refractivity contribution >= 4 is 34.8 Å². The minimum atomic E-state index is -0.732. The van der Waals surface area contributed by atoms with Gasteiger partial charge in [-0.05, 0) is 51.0 Å². The number of aryl methyl sites for hydroxylation is 1. The highest BCUT2D eigenvalue weighted by Crippen LogP contribution is 2.26. The van der Waals surface area contributed by atoms with E-state index in [0.717, 1.165) is 33.3 Å². The fraction of sp³-hybridized carbons (Fsp3) is 0.286. The average Bonchev–Trinajstić information content (AvgIpc) is 3.48. The molecule has 5 rings (SSSR count). The van der Waals surface area contributed by atoms with E-state index < -0.39 is 5.97 Å². The molecule has 1 aliphatic rings. The molecule has 0 amide bonds. The van der Waals surface area contributed by atoms with E-state index in [9.17, 15) is 14.3 Å². The number of hydrogen-bond acceptors (Lipinski definition) is 5. The van der Waals surface area contributed by atoms with Gasteiger partial charge in [0.05, 0.1) is 28.7 Å². The minimum absolute atomic E-state index is 0.294. The molecule has 0 radical (unpaired) electrons. The maximum absolute atomic E-state index is 14.6. The molecule has 1 fully saturated rings. The molecule has 0 aliphatic carbocycles. The molecule has 0 unspecified atom stereocenters. The summed E-state index contributed by atoms with van der Waals surface area (Å²) in [7, 11) is 1.87. The monoisotopic (exact) mass is 500 g/mol. The van der Waals surface area contributed by atoms with Crippen LogP contribution in [0.15, 0.2) is 54.6 Å². The summed E-state index contributed by atoms with van der Waals surface area (Å²) in [4.78, 5) is 18.0. The molecule has 8 nitrogen and oxygen atoms in total. The Hall–Kier alpha value is -4.27. The number of halogens is 1. The smallest absolute Gasteiger partial charge is 0.306 e. The Morgan fingerprint density at radius 3 is 2.57 bits per heavy atom. The number of anilines is 1. The largest absolute Gasteiger partial charge is 0.481 e. The summed E-state index contributed by atoms with van der Waals surface area (Å²) in [5.41, 5.74) is 3.11. The lowest BCUT2D eigenvalue weighted by molar-refractivity contribution is -0.142. The van der Waals surface area contributed by atoms with Gasteiger partial charge in [-0.25, -0.2) is 14.1 Å². The lowest BCUT2D eigenvalue weighted by atomic mass is 9.97. The van der Waals surface area contributed by atoms with Gasteiger partial charge in [0, 0.05) is 42.5 Å². The highest BCUT2D eigenvalue weighted by Gasteiger charge is 2.25. The number of rotatable bonds is 5. The van der Waals surface area contributed by atoms with Gasteiger partial charge in [-0.1, -0.05) is 24.3 Å². The molecular weight excluding hydrogens is 471 g/mol. The summed E-state index contributed by atoms with van der Waals surface area (Å²) in [6.45, 7) is 4.87. The number of aromatic nitrogens is 5. The van der Waals surface area contributed by atoms with E-state index in [1.807, 2.05) is 56.6 Å². The predicted molar refractivity (Wildman–Crippen MR) is 142 cm³/mol. The summed E-state index contributed by atoms with van der Waals surface area (Å²) in [5, 5.41) is 21.1. The van der Waals surface area contributed by atoms with E-state index in [-0.39, 0.29) is 11.7 Å². The van der Waals surface area contributed by atoms with Crippen molar-refractivity contribution in [2.75, 3.05) is 18.0 Å². The molecule has 1 aliphatic heterocycles. The fourth-order valence-electron chi connectivity index (χ4n) is 4.89. The lowest BCUT2D eigenvalue weighted by Gasteiger charge is -2.31. The van der Waals surface area contributed by atoms with Gasteiger partial charge < -0.3 is 10.0 Å². The number of allylic oxidation sites excluding steroid dienone is 2. The Morgan fingerprint density at radius 1 is 1.14 bits per heavy atom. The molecule has 4 aromatic rings. The highest BCUT2D eigenvalue weighted by molar-refractivity contribution is 5.93. The number of benzene rings is 1. The van der Waals surface area contributed by atoms with Gasteiger partial charge in [-0.2, -0.15) is 10.2 Å². The number of carboxylic acids is 1. The van der Waals surface area contributed by atoms with Gasteiger partial charge in [-0.15, -0.1) is 0 Å². The number of fused-ring (bicyclic) bond motifs is 1. The number of aliphatic carboxylic acids is 1. The third kappa shape index (κ3) is 4.64. The van der Waals surface area contributed by atoms with Crippen LogP contribution in [0.5, 0.6) is 0 Å². The Bertz CT molecular complexity index is 1610. The maximum Gasteiger partial charge on any atom is 0.306 e. The van der Waals surface area contributed by atoms with E-state index in [1.165, 1.54) is 12.2 Å². The number of nitrogens with zero attached hydrogens (tertiary/aromatic N) is 6. The minimum Gasteiger partial charge on any atom is -0.481 e. The van der Waals surface area contributed by atoms with Crippen LogP contribution in [-0.4, -0.2) is 48.7 Å². The molecule has 3 aromatic heterocycles. The molecule has 0 bridgehead atoms. The second-order valence-electron chi connectivity index (χ2n) is 9.18. The first-order valence-corrected chi connectivity index (χ1v) is 12.4. The molecule has 0 atom stereocenters. The summed E-state index contributed by atoms with van der Waals surface area (Å²) < 4.78 is 18.1. The average molecular weight is 501 g/mol. The third-order valence-electron chi connectivity index (χ3n) is 6.86. The number of carboxylic acid groups (broad SMARTS) is 1. The Labute approximate surface area is 213 Å². The summed E-state index contributed by atoms with van der Waals surface area (Å²) in [6.07, 6.45) is 9.76. The molecule has 190 valence electrons. The molecule has 0 spiro atoms. The zero-order chi connectivity index (χ0) is 26.1. The lowest BCUT2D eigenvalue weighted by Crippen LogP contribution is -2.36. The summed E-state index contributed by atoms with van der Waals surface area (Å²) >= 11 is 0. The number of carbonyl (C=O) groups is 1. The van der Waals surface area contributed by atoms with Crippen LogP contribution >= 0.6 is 0 Å². The van der Waals surface area contributed by atoms with E-state index >= 15 is 0 Å². The third-order valence-corrected chi connectivity index (χ3v) is 6.86. The van der Waals surface area contributed by atoms with E-state index in [1.54, 1.807) is 22.5 Å². The molecule has 37 heavy (non-hydrogen) atoms. The van der Waals surface area contributed by atoms with Crippen molar-refractivity contribution in [1.29, 1.82) is 0 Å². The fourth-order valence-corrected chi connectivity index (χ4v) is 4.89. The van der Waals surface area contributed by atoms with Gasteiger partial charge in [0.25, 0.3) is 0 Å². The number of piperidine rings is 1. The van der Waals surface area contributed by atoms with Crippen LogP contribution in [0.3, 0.4) is 0 Å². The first kappa shape index (κ1) is 24.4. The normalized spacial score (nSPS) is 16.2. The second kappa shape index (κ2) is 10.0. The van der Waals surface area contributed by atoms with Gasteiger partial charge in [-0.3, -0.25) is 9.48 Å². The van der Waals surface area contributed by atoms with Crippen LogP contribution in [0.1, 0.15) is 26.7 Å². The van der Waals surface area contributed by atoms with Crippen LogP contribution < -0.4 is 15.5 Å². The van der Waals surface area contributed by atoms with Crippen molar-refractivity contribution in [2.45, 2.75) is 26.7 Å². The van der Waals surface area contributed by atoms with Crippen LogP contribution in [0.2, 0.25) is 0 Å².